The van der Waals surface area contributed by atoms with Crippen molar-refractivity contribution in [1.82, 2.24) is 9.13 Å². The van der Waals surface area contributed by atoms with Crippen molar-refractivity contribution in [2.24, 2.45) is 10.9 Å². The van der Waals surface area contributed by atoms with Crippen molar-refractivity contribution in [3.63, 3.8) is 0 Å². The summed E-state index contributed by atoms with van der Waals surface area (Å²) in [7, 11) is 0. The van der Waals surface area contributed by atoms with E-state index in [1.807, 2.05) is 30.3 Å². The highest BCUT2D eigenvalue weighted by Gasteiger charge is 2.37. The smallest absolute Gasteiger partial charge is 0.210 e. The fourth-order valence-electron chi connectivity index (χ4n) is 3.68. The molecule has 1 aliphatic rings. The Balaban J connectivity index is 1.94. The van der Waals surface area contributed by atoms with Crippen LogP contribution < -0.4 is 0 Å². The lowest BCUT2D eigenvalue weighted by molar-refractivity contribution is 0.260. The fraction of sp³-hybridized carbons (Fsp3) is 0.364. The van der Waals surface area contributed by atoms with E-state index in [2.05, 4.69) is 61.1 Å². The number of nitrogens with zero attached hydrogens (tertiary/aromatic N) is 3. The van der Waals surface area contributed by atoms with E-state index < -0.39 is 5.54 Å². The van der Waals surface area contributed by atoms with Gasteiger partial charge < -0.3 is 9.30 Å². The minimum absolute atomic E-state index is 0.205. The summed E-state index contributed by atoms with van der Waals surface area (Å²) in [6, 6.07) is 18.8. The second kappa shape index (κ2) is 6.64. The van der Waals surface area contributed by atoms with E-state index in [1.165, 1.54) is 0 Å². The molecule has 5 heteroatoms. The van der Waals surface area contributed by atoms with Crippen molar-refractivity contribution >= 4 is 29.1 Å². The Bertz CT molecular complexity index is 1060. The first-order valence-electron chi connectivity index (χ1n) is 9.40. The lowest BCUT2D eigenvalue weighted by atomic mass is 10.0. The third kappa shape index (κ3) is 2.90. The van der Waals surface area contributed by atoms with Gasteiger partial charge in [0, 0.05) is 5.69 Å². The van der Waals surface area contributed by atoms with Crippen LogP contribution in [0.3, 0.4) is 0 Å². The molecule has 27 heavy (non-hydrogen) atoms. The van der Waals surface area contributed by atoms with Gasteiger partial charge in [-0.3, -0.25) is 4.57 Å². The number of ether oxygens (including phenoxy) is 1. The van der Waals surface area contributed by atoms with Gasteiger partial charge in [0.05, 0.1) is 17.1 Å². The third-order valence-electron chi connectivity index (χ3n) is 5.29. The number of benzene rings is 2. The molecule has 4 rings (SSSR count). The highest BCUT2D eigenvalue weighted by molar-refractivity contribution is 7.71. The van der Waals surface area contributed by atoms with Gasteiger partial charge in [0.15, 0.2) is 4.77 Å². The summed E-state index contributed by atoms with van der Waals surface area (Å²) in [4.78, 5) is 4.88. The molecule has 0 saturated carbocycles. The molecular weight excluding hydrogens is 354 g/mol. The van der Waals surface area contributed by atoms with Gasteiger partial charge in [-0.15, -0.1) is 0 Å². The summed E-state index contributed by atoms with van der Waals surface area (Å²) in [5, 5.41) is 0. The van der Waals surface area contributed by atoms with Crippen LogP contribution >= 0.6 is 12.2 Å². The van der Waals surface area contributed by atoms with Gasteiger partial charge in [0.2, 0.25) is 5.90 Å². The van der Waals surface area contributed by atoms with Gasteiger partial charge in [-0.2, -0.15) is 0 Å². The van der Waals surface area contributed by atoms with Crippen LogP contribution in [0.1, 0.15) is 27.7 Å². The minimum atomic E-state index is -0.472. The number of hydrogen-bond donors (Lipinski definition) is 0. The molecule has 3 aromatic rings. The zero-order valence-electron chi connectivity index (χ0n) is 16.2. The van der Waals surface area contributed by atoms with E-state index in [0.29, 0.717) is 12.5 Å². The number of aromatic nitrogens is 2. The molecule has 0 amide bonds. The molecule has 140 valence electrons. The van der Waals surface area contributed by atoms with E-state index in [-0.39, 0.29) is 6.04 Å². The van der Waals surface area contributed by atoms with Crippen LogP contribution in [0.5, 0.6) is 0 Å². The van der Waals surface area contributed by atoms with Crippen LogP contribution in [0.2, 0.25) is 0 Å². The summed E-state index contributed by atoms with van der Waals surface area (Å²) in [6.07, 6.45) is 0. The summed E-state index contributed by atoms with van der Waals surface area (Å²) < 4.78 is 11.1. The van der Waals surface area contributed by atoms with E-state index in [4.69, 9.17) is 21.9 Å². The molecule has 0 saturated heterocycles. The van der Waals surface area contributed by atoms with Crippen molar-refractivity contribution in [2.75, 3.05) is 6.61 Å². The van der Waals surface area contributed by atoms with E-state index in [9.17, 15) is 0 Å². The molecule has 0 spiro atoms. The van der Waals surface area contributed by atoms with Crippen LogP contribution in [-0.4, -0.2) is 27.7 Å². The van der Waals surface area contributed by atoms with Crippen LogP contribution in [0.15, 0.2) is 59.6 Å². The number of aliphatic imine (C=N–C) groups is 1. The molecule has 0 fully saturated rings. The lowest BCUT2D eigenvalue weighted by Crippen LogP contribution is -2.36. The predicted octanol–water partition coefficient (Wildman–Crippen LogP) is 5.35. The molecule has 0 bridgehead atoms. The topological polar surface area (TPSA) is 31.4 Å². The third-order valence-corrected chi connectivity index (χ3v) is 5.65. The lowest BCUT2D eigenvalue weighted by Gasteiger charge is -2.26. The van der Waals surface area contributed by atoms with Crippen LogP contribution in [0.4, 0.5) is 0 Å². The zero-order chi connectivity index (χ0) is 19.2. The van der Waals surface area contributed by atoms with Gasteiger partial charge >= 0.3 is 0 Å². The fourth-order valence-corrected chi connectivity index (χ4v) is 4.21. The van der Waals surface area contributed by atoms with E-state index in [1.54, 1.807) is 0 Å². The van der Waals surface area contributed by atoms with Crippen LogP contribution in [-0.2, 0) is 10.3 Å². The predicted molar refractivity (Wildman–Crippen MR) is 113 cm³/mol. The molecule has 1 aliphatic heterocycles. The molecule has 4 nitrogen and oxygen atoms in total. The monoisotopic (exact) mass is 379 g/mol. The van der Waals surface area contributed by atoms with Crippen molar-refractivity contribution in [2.45, 2.75) is 39.3 Å². The standard InChI is InChI=1S/C22H25N3OS/c1-15(2)17-14-26-20(23-17)22(3,4)25-19-13-9-8-12-18(19)24(21(25)27)16-10-6-5-7-11-16/h5-13,15,17H,14H2,1-4H3/t17-/m1/s1. The molecule has 0 aliphatic carbocycles. The molecule has 0 radical (unpaired) electrons. The molecule has 1 aromatic heterocycles. The molecular formula is C22H25N3OS. The maximum atomic E-state index is 6.04. The van der Waals surface area contributed by atoms with Crippen molar-refractivity contribution < 1.29 is 4.74 Å². The van der Waals surface area contributed by atoms with Gasteiger partial charge in [0.1, 0.15) is 12.1 Å². The SMILES string of the molecule is CC(C)[C@H]1COC(C(C)(C)n2c(=S)n(-c3ccccc3)c3ccccc32)=N1. The van der Waals surface area contributed by atoms with Crippen LogP contribution in [0, 0.1) is 10.7 Å². The highest BCUT2D eigenvalue weighted by atomic mass is 32.1. The second-order valence-electron chi connectivity index (χ2n) is 7.89. The summed E-state index contributed by atoms with van der Waals surface area (Å²) in [5.41, 5.74) is 2.75. The number of fused-ring (bicyclic) bond motifs is 1. The normalized spacial score (nSPS) is 17.4. The molecule has 0 unspecified atom stereocenters. The average molecular weight is 380 g/mol. The minimum Gasteiger partial charge on any atom is -0.477 e. The first-order chi connectivity index (χ1) is 12.9. The molecule has 2 heterocycles. The molecule has 0 N–H and O–H groups in total. The Morgan fingerprint density at radius 1 is 1.04 bits per heavy atom. The first-order valence-corrected chi connectivity index (χ1v) is 9.81. The summed E-state index contributed by atoms with van der Waals surface area (Å²) in [5.74, 6) is 1.21. The Morgan fingerprint density at radius 2 is 1.67 bits per heavy atom. The number of imidazole rings is 1. The average Bonchev–Trinajstić information content (AvgIpc) is 3.25. The van der Waals surface area contributed by atoms with Crippen molar-refractivity contribution in [3.8, 4) is 5.69 Å². The van der Waals surface area contributed by atoms with Crippen molar-refractivity contribution in [3.05, 3.63) is 59.4 Å². The Kier molecular flexibility index (Phi) is 4.42. The van der Waals surface area contributed by atoms with Gasteiger partial charge in [0.25, 0.3) is 0 Å². The highest BCUT2D eigenvalue weighted by Crippen LogP contribution is 2.32. The molecule has 1 atom stereocenters. The van der Waals surface area contributed by atoms with Gasteiger partial charge in [-0.1, -0.05) is 44.2 Å². The van der Waals surface area contributed by atoms with E-state index in [0.717, 1.165) is 27.4 Å². The Hall–Kier alpha value is -2.40. The number of hydrogen-bond acceptors (Lipinski definition) is 3. The van der Waals surface area contributed by atoms with Crippen LogP contribution in [0.25, 0.3) is 16.7 Å². The largest absolute Gasteiger partial charge is 0.477 e. The first kappa shape index (κ1) is 18.0. The Morgan fingerprint density at radius 3 is 2.30 bits per heavy atom. The summed E-state index contributed by atoms with van der Waals surface area (Å²) >= 11 is 5.95. The van der Waals surface area contributed by atoms with E-state index >= 15 is 0 Å². The quantitative estimate of drug-likeness (QED) is 0.572. The van der Waals surface area contributed by atoms with Gasteiger partial charge in [-0.05, 0) is 56.2 Å². The van der Waals surface area contributed by atoms with Crippen molar-refractivity contribution in [1.29, 1.82) is 0 Å². The summed E-state index contributed by atoms with van der Waals surface area (Å²) in [6.45, 7) is 9.26. The number of rotatable bonds is 4. The second-order valence-corrected chi connectivity index (χ2v) is 8.26. The maximum Gasteiger partial charge on any atom is 0.210 e. The van der Waals surface area contributed by atoms with Gasteiger partial charge in [-0.25, -0.2) is 4.99 Å². The zero-order valence-corrected chi connectivity index (χ0v) is 17.0. The number of para-hydroxylation sites is 3. The molecule has 2 aromatic carbocycles. The maximum absolute atomic E-state index is 6.04. The Labute approximate surface area is 165 Å².